The van der Waals surface area contributed by atoms with Crippen molar-refractivity contribution < 1.29 is 4.74 Å². The molecule has 2 aromatic heterocycles. The van der Waals surface area contributed by atoms with Crippen molar-refractivity contribution in [1.82, 2.24) is 14.5 Å². The summed E-state index contributed by atoms with van der Waals surface area (Å²) in [4.78, 5) is 10.7. The molecule has 0 radical (unpaired) electrons. The van der Waals surface area contributed by atoms with E-state index in [1.807, 2.05) is 12.1 Å². The monoisotopic (exact) mass is 727 g/mol. The molecular weight excluding hydrogens is 695 g/mol. The highest BCUT2D eigenvalue weighted by molar-refractivity contribution is 6.09. The maximum atomic E-state index is 7.52. The molecule has 12 rings (SSSR count). The van der Waals surface area contributed by atoms with Crippen LogP contribution in [0.2, 0.25) is 0 Å². The van der Waals surface area contributed by atoms with Crippen LogP contribution in [0.5, 0.6) is 11.5 Å². The van der Waals surface area contributed by atoms with Crippen LogP contribution in [0, 0.1) is 0 Å². The first kappa shape index (κ1) is 31.8. The molecule has 0 fully saturated rings. The number of ether oxygens (including phenoxy) is 1. The fourth-order valence-corrected chi connectivity index (χ4v) is 9.55. The summed E-state index contributed by atoms with van der Waals surface area (Å²) < 4.78 is 9.90. The zero-order valence-electron chi connectivity index (χ0n) is 30.8. The second kappa shape index (κ2) is 12.2. The summed E-state index contributed by atoms with van der Waals surface area (Å²) in [7, 11) is 0. The summed E-state index contributed by atoms with van der Waals surface area (Å²) in [5.41, 5.74) is 14.3. The van der Waals surface area contributed by atoms with Gasteiger partial charge in [-0.15, -0.1) is 0 Å². The molecule has 0 N–H and O–H groups in total. The van der Waals surface area contributed by atoms with Crippen LogP contribution in [-0.2, 0) is 5.41 Å². The minimum absolute atomic E-state index is 0.611. The number of aromatic nitrogens is 3. The molecule has 0 amide bonds. The third-order valence-corrected chi connectivity index (χ3v) is 11.9. The fraction of sp³-hybridized carbons (Fsp3) is 0.0189. The third kappa shape index (κ3) is 4.50. The number of rotatable bonds is 4. The second-order valence-electron chi connectivity index (χ2n) is 14.8. The van der Waals surface area contributed by atoms with E-state index in [-0.39, 0.29) is 0 Å². The molecule has 0 atom stereocenters. The molecule has 10 aromatic rings. The van der Waals surface area contributed by atoms with Gasteiger partial charge in [0.15, 0.2) is 11.6 Å². The Bertz CT molecular complexity index is 3060. The molecule has 266 valence electrons. The van der Waals surface area contributed by atoms with Gasteiger partial charge >= 0.3 is 0 Å². The zero-order valence-corrected chi connectivity index (χ0v) is 30.8. The maximum absolute atomic E-state index is 7.52. The van der Waals surface area contributed by atoms with Crippen LogP contribution in [0.15, 0.2) is 200 Å². The lowest BCUT2D eigenvalue weighted by Crippen LogP contribution is -2.32. The first-order valence-corrected chi connectivity index (χ1v) is 19.4. The van der Waals surface area contributed by atoms with Crippen molar-refractivity contribution in [3.63, 3.8) is 0 Å². The Balaban J connectivity index is 1.20. The van der Waals surface area contributed by atoms with Crippen LogP contribution < -0.4 is 4.74 Å². The molecule has 3 heterocycles. The van der Waals surface area contributed by atoms with E-state index in [1.54, 1.807) is 0 Å². The number of benzene rings is 8. The third-order valence-electron chi connectivity index (χ3n) is 11.9. The van der Waals surface area contributed by atoms with Crippen LogP contribution in [0.1, 0.15) is 22.3 Å². The Morgan fingerprint density at radius 2 is 0.842 bits per heavy atom. The molecule has 0 saturated carbocycles. The average molecular weight is 728 g/mol. The van der Waals surface area contributed by atoms with Gasteiger partial charge in [-0.1, -0.05) is 170 Å². The van der Waals surface area contributed by atoms with Gasteiger partial charge in [0.1, 0.15) is 5.75 Å². The molecule has 0 bridgehead atoms. The first-order chi connectivity index (χ1) is 28.3. The Kier molecular flexibility index (Phi) is 6.81. The van der Waals surface area contributed by atoms with E-state index in [9.17, 15) is 0 Å². The van der Waals surface area contributed by atoms with Crippen molar-refractivity contribution in [3.05, 3.63) is 222 Å². The number of hydrogen-bond donors (Lipinski definition) is 0. The highest BCUT2D eigenvalue weighted by Crippen LogP contribution is 2.64. The van der Waals surface area contributed by atoms with Gasteiger partial charge < -0.3 is 9.30 Å². The van der Waals surface area contributed by atoms with Crippen LogP contribution in [0.4, 0.5) is 0 Å². The van der Waals surface area contributed by atoms with Gasteiger partial charge in [-0.05, 0) is 52.6 Å². The SMILES string of the molecule is c1ccc(-c2cc(-c3ccccc3)nc(-c3cccc4c3Oc3c(-n5c6ccccc6c6ccccc65)cccc3C43c4ccccc4-c4ccccc43)n2)cc1. The van der Waals surface area contributed by atoms with Gasteiger partial charge in [-0.3, -0.25) is 0 Å². The molecule has 1 aliphatic heterocycles. The van der Waals surface area contributed by atoms with E-state index >= 15 is 0 Å². The summed E-state index contributed by atoms with van der Waals surface area (Å²) in [6.45, 7) is 0. The number of para-hydroxylation sites is 4. The molecule has 0 saturated heterocycles. The summed E-state index contributed by atoms with van der Waals surface area (Å²) in [6.07, 6.45) is 0. The average Bonchev–Trinajstić information content (AvgIpc) is 3.77. The van der Waals surface area contributed by atoms with Gasteiger partial charge in [0.25, 0.3) is 0 Å². The normalized spacial score (nSPS) is 13.2. The Morgan fingerprint density at radius 1 is 0.386 bits per heavy atom. The summed E-state index contributed by atoms with van der Waals surface area (Å²) in [6, 6.07) is 71.0. The predicted molar refractivity (Wildman–Crippen MR) is 230 cm³/mol. The van der Waals surface area contributed by atoms with Crippen molar-refractivity contribution in [1.29, 1.82) is 0 Å². The van der Waals surface area contributed by atoms with E-state index in [4.69, 9.17) is 14.7 Å². The van der Waals surface area contributed by atoms with Crippen molar-refractivity contribution in [2.45, 2.75) is 5.41 Å². The van der Waals surface area contributed by atoms with Gasteiger partial charge in [0, 0.05) is 33.0 Å². The highest BCUT2D eigenvalue weighted by Gasteiger charge is 2.52. The lowest BCUT2D eigenvalue weighted by molar-refractivity contribution is 0.436. The van der Waals surface area contributed by atoms with Crippen LogP contribution >= 0.6 is 0 Å². The molecule has 8 aromatic carbocycles. The quantitative estimate of drug-likeness (QED) is 0.181. The molecule has 4 nitrogen and oxygen atoms in total. The number of fused-ring (bicyclic) bond motifs is 12. The van der Waals surface area contributed by atoms with Crippen molar-refractivity contribution in [2.75, 3.05) is 0 Å². The van der Waals surface area contributed by atoms with Crippen molar-refractivity contribution in [3.8, 4) is 62.2 Å². The van der Waals surface area contributed by atoms with Crippen molar-refractivity contribution in [2.24, 2.45) is 0 Å². The number of nitrogens with zero attached hydrogens (tertiary/aromatic N) is 3. The van der Waals surface area contributed by atoms with Gasteiger partial charge in [0.05, 0.1) is 39.1 Å². The lowest BCUT2D eigenvalue weighted by atomic mass is 9.65. The standard InChI is InChI=1S/C53H33N3O/c1-3-17-34(18-4-1)45-33-46(35-19-5-2-6-20-35)55-52(54-45)40-25-15-28-43-50(40)57-51-44(53(43)41-26-11-7-21-36(41)37-22-8-12-27-42(37)53)29-16-32-49(51)56-47-30-13-9-23-38(47)39-24-10-14-31-48(39)56/h1-33H. The molecular formula is C53H33N3O. The van der Waals surface area contributed by atoms with E-state index < -0.39 is 5.41 Å². The van der Waals surface area contributed by atoms with Gasteiger partial charge in [-0.25, -0.2) is 9.97 Å². The minimum Gasteiger partial charge on any atom is -0.454 e. The highest BCUT2D eigenvalue weighted by atomic mass is 16.5. The number of hydrogen-bond acceptors (Lipinski definition) is 3. The Hall–Kier alpha value is -7.56. The Labute approximate surface area is 330 Å². The molecule has 1 spiro atoms. The second-order valence-corrected chi connectivity index (χ2v) is 14.8. The van der Waals surface area contributed by atoms with E-state index in [0.29, 0.717) is 5.82 Å². The van der Waals surface area contributed by atoms with Crippen LogP contribution in [0.25, 0.3) is 72.5 Å². The molecule has 1 aliphatic carbocycles. The van der Waals surface area contributed by atoms with E-state index in [0.717, 1.165) is 67.4 Å². The summed E-state index contributed by atoms with van der Waals surface area (Å²) in [5.74, 6) is 2.19. The Morgan fingerprint density at radius 3 is 1.44 bits per heavy atom. The maximum Gasteiger partial charge on any atom is 0.164 e. The van der Waals surface area contributed by atoms with Crippen molar-refractivity contribution >= 4 is 21.8 Å². The molecule has 0 unspecified atom stereocenters. The minimum atomic E-state index is -0.680. The zero-order chi connectivity index (χ0) is 37.5. The van der Waals surface area contributed by atoms with E-state index in [1.165, 1.54) is 33.0 Å². The van der Waals surface area contributed by atoms with Gasteiger partial charge in [0.2, 0.25) is 0 Å². The first-order valence-electron chi connectivity index (χ1n) is 19.4. The molecule has 57 heavy (non-hydrogen) atoms. The lowest BCUT2D eigenvalue weighted by Gasteiger charge is -2.40. The largest absolute Gasteiger partial charge is 0.454 e. The fourth-order valence-electron chi connectivity index (χ4n) is 9.55. The predicted octanol–water partition coefficient (Wildman–Crippen LogP) is 13.0. The molecule has 4 heteroatoms. The van der Waals surface area contributed by atoms with E-state index in [2.05, 4.69) is 193 Å². The van der Waals surface area contributed by atoms with Gasteiger partial charge in [-0.2, -0.15) is 0 Å². The smallest absolute Gasteiger partial charge is 0.164 e. The topological polar surface area (TPSA) is 39.9 Å². The molecule has 2 aliphatic rings. The summed E-state index contributed by atoms with van der Waals surface area (Å²) in [5, 5.41) is 2.40. The summed E-state index contributed by atoms with van der Waals surface area (Å²) >= 11 is 0. The van der Waals surface area contributed by atoms with Crippen LogP contribution in [0.3, 0.4) is 0 Å². The van der Waals surface area contributed by atoms with Crippen LogP contribution in [-0.4, -0.2) is 14.5 Å².